The zero-order valence-electron chi connectivity index (χ0n) is 15.0. The van der Waals surface area contributed by atoms with Gasteiger partial charge in [0.1, 0.15) is 5.58 Å². The van der Waals surface area contributed by atoms with Crippen molar-refractivity contribution in [2.75, 3.05) is 0 Å². The molecule has 1 aromatic heterocycles. The molecule has 0 bridgehead atoms. The van der Waals surface area contributed by atoms with Crippen molar-refractivity contribution in [1.29, 1.82) is 0 Å². The minimum absolute atomic E-state index is 0.269. The van der Waals surface area contributed by atoms with E-state index in [0.717, 1.165) is 53.8 Å². The molecule has 1 aliphatic rings. The fourth-order valence-electron chi connectivity index (χ4n) is 3.50. The predicted molar refractivity (Wildman–Crippen MR) is 97.3 cm³/mol. The number of para-hydroxylation sites is 1. The predicted octanol–water partition coefficient (Wildman–Crippen LogP) is 5.06. The Labute approximate surface area is 143 Å². The zero-order valence-corrected chi connectivity index (χ0v) is 15.0. The van der Waals surface area contributed by atoms with E-state index in [1.165, 1.54) is 0 Å². The van der Waals surface area contributed by atoms with Gasteiger partial charge in [0.05, 0.1) is 0 Å². The Morgan fingerprint density at radius 3 is 2.50 bits per heavy atom. The monoisotopic (exact) mass is 326 g/mol. The van der Waals surface area contributed by atoms with Gasteiger partial charge in [-0.25, -0.2) is 5.43 Å². The highest BCUT2D eigenvalue weighted by molar-refractivity contribution is 5.99. The molecule has 1 heterocycles. The lowest BCUT2D eigenvalue weighted by Gasteiger charge is -2.34. The highest BCUT2D eigenvalue weighted by atomic mass is 16.3. The fraction of sp³-hybridized carbons (Fsp3) is 0.500. The number of carbonyl (C=O) groups excluding carboxylic acids is 1. The van der Waals surface area contributed by atoms with Gasteiger partial charge in [-0.3, -0.25) is 4.79 Å². The van der Waals surface area contributed by atoms with E-state index in [9.17, 15) is 4.79 Å². The molecule has 1 N–H and O–H groups in total. The Bertz CT molecular complexity index is 771. The van der Waals surface area contributed by atoms with E-state index in [0.29, 0.717) is 11.2 Å². The van der Waals surface area contributed by atoms with Gasteiger partial charge in [-0.1, -0.05) is 39.0 Å². The van der Waals surface area contributed by atoms with Crippen LogP contribution in [0.2, 0.25) is 0 Å². The van der Waals surface area contributed by atoms with Crippen molar-refractivity contribution in [2.45, 2.75) is 53.4 Å². The minimum atomic E-state index is -0.269. The molecule has 0 radical (unpaired) electrons. The summed E-state index contributed by atoms with van der Waals surface area (Å²) >= 11 is 0. The van der Waals surface area contributed by atoms with E-state index in [-0.39, 0.29) is 5.91 Å². The van der Waals surface area contributed by atoms with Crippen molar-refractivity contribution in [3.63, 3.8) is 0 Å². The molecular weight excluding hydrogens is 300 g/mol. The van der Waals surface area contributed by atoms with Gasteiger partial charge in [-0.05, 0) is 50.0 Å². The van der Waals surface area contributed by atoms with Crippen LogP contribution in [0.15, 0.2) is 33.8 Å². The molecule has 4 nitrogen and oxygen atoms in total. The lowest BCUT2D eigenvalue weighted by molar-refractivity contribution is 0.0928. The van der Waals surface area contributed by atoms with E-state index in [2.05, 4.69) is 31.3 Å². The zero-order chi connectivity index (χ0) is 17.3. The van der Waals surface area contributed by atoms with Crippen molar-refractivity contribution < 1.29 is 9.21 Å². The lowest BCUT2D eigenvalue weighted by Crippen LogP contribution is -2.27. The first kappa shape index (κ1) is 16.7. The lowest BCUT2D eigenvalue weighted by atomic mass is 9.72. The Morgan fingerprint density at radius 1 is 1.21 bits per heavy atom. The average Bonchev–Trinajstić information content (AvgIpc) is 2.90. The van der Waals surface area contributed by atoms with Gasteiger partial charge in [0.25, 0.3) is 0 Å². The Morgan fingerprint density at radius 2 is 1.88 bits per heavy atom. The number of furan rings is 1. The summed E-state index contributed by atoms with van der Waals surface area (Å²) in [6, 6.07) is 7.69. The standard InChI is InChI=1S/C20H26N2O2/c1-13-16-7-5-6-8-17(16)24-18(13)19(23)22-21-15-11-9-14(10-12-15)20(2,3)4/h5-8,14H,9-12H2,1-4H3,(H,22,23). The molecule has 1 fully saturated rings. The molecule has 128 valence electrons. The van der Waals surface area contributed by atoms with Crippen LogP contribution in [-0.2, 0) is 0 Å². The third-order valence-corrected chi connectivity index (χ3v) is 5.15. The Balaban J connectivity index is 1.66. The second kappa shape index (κ2) is 6.42. The molecule has 0 atom stereocenters. The molecule has 24 heavy (non-hydrogen) atoms. The molecule has 0 spiro atoms. The minimum Gasteiger partial charge on any atom is -0.451 e. The first-order chi connectivity index (χ1) is 11.4. The van der Waals surface area contributed by atoms with Crippen LogP contribution in [0.5, 0.6) is 0 Å². The number of hydrazone groups is 1. The summed E-state index contributed by atoms with van der Waals surface area (Å²) in [7, 11) is 0. The maximum atomic E-state index is 12.4. The highest BCUT2D eigenvalue weighted by Gasteiger charge is 2.28. The quantitative estimate of drug-likeness (QED) is 0.784. The van der Waals surface area contributed by atoms with Gasteiger partial charge in [0.2, 0.25) is 0 Å². The van der Waals surface area contributed by atoms with Crippen LogP contribution < -0.4 is 5.43 Å². The van der Waals surface area contributed by atoms with Crippen LogP contribution in [0.1, 0.15) is 62.6 Å². The second-order valence-electron chi connectivity index (χ2n) is 7.81. The number of hydrogen-bond acceptors (Lipinski definition) is 3. The van der Waals surface area contributed by atoms with E-state index in [4.69, 9.17) is 4.42 Å². The molecule has 2 aromatic rings. The molecule has 4 heteroatoms. The van der Waals surface area contributed by atoms with Crippen LogP contribution in [0.3, 0.4) is 0 Å². The highest BCUT2D eigenvalue weighted by Crippen LogP contribution is 2.36. The topological polar surface area (TPSA) is 54.6 Å². The van der Waals surface area contributed by atoms with Crippen molar-refractivity contribution in [3.8, 4) is 0 Å². The van der Waals surface area contributed by atoms with Crippen molar-refractivity contribution in [3.05, 3.63) is 35.6 Å². The average molecular weight is 326 g/mol. The number of carbonyl (C=O) groups is 1. The maximum absolute atomic E-state index is 12.4. The molecule has 1 aliphatic carbocycles. The first-order valence-corrected chi connectivity index (χ1v) is 8.70. The summed E-state index contributed by atoms with van der Waals surface area (Å²) in [5.41, 5.74) is 5.70. The summed E-state index contributed by atoms with van der Waals surface area (Å²) in [5, 5.41) is 5.32. The second-order valence-corrected chi connectivity index (χ2v) is 7.81. The van der Waals surface area contributed by atoms with Crippen LogP contribution in [0, 0.1) is 18.3 Å². The number of aryl methyl sites for hydroxylation is 1. The van der Waals surface area contributed by atoms with Crippen molar-refractivity contribution >= 4 is 22.6 Å². The summed E-state index contributed by atoms with van der Waals surface area (Å²) in [6.07, 6.45) is 4.20. The van der Waals surface area contributed by atoms with Crippen LogP contribution >= 0.6 is 0 Å². The summed E-state index contributed by atoms with van der Waals surface area (Å²) in [5.74, 6) is 0.808. The van der Waals surface area contributed by atoms with Crippen molar-refractivity contribution in [2.24, 2.45) is 16.4 Å². The molecule has 0 unspecified atom stereocenters. The van der Waals surface area contributed by atoms with Gasteiger partial charge in [0.15, 0.2) is 5.76 Å². The molecule has 1 aromatic carbocycles. The number of fused-ring (bicyclic) bond motifs is 1. The smallest absolute Gasteiger partial charge is 0.307 e. The van der Waals surface area contributed by atoms with E-state index in [1.54, 1.807) is 0 Å². The molecule has 0 aliphatic heterocycles. The molecule has 0 saturated heterocycles. The number of nitrogens with zero attached hydrogens (tertiary/aromatic N) is 1. The number of nitrogens with one attached hydrogen (secondary N) is 1. The summed E-state index contributed by atoms with van der Waals surface area (Å²) < 4.78 is 5.68. The molecule has 3 rings (SSSR count). The number of amides is 1. The summed E-state index contributed by atoms with van der Waals surface area (Å²) in [6.45, 7) is 8.80. The maximum Gasteiger partial charge on any atom is 0.307 e. The molecule has 1 amide bonds. The van der Waals surface area contributed by atoms with Gasteiger partial charge in [-0.15, -0.1) is 0 Å². The first-order valence-electron chi connectivity index (χ1n) is 8.70. The summed E-state index contributed by atoms with van der Waals surface area (Å²) in [4.78, 5) is 12.4. The van der Waals surface area contributed by atoms with Gasteiger partial charge < -0.3 is 4.42 Å². The van der Waals surface area contributed by atoms with Gasteiger partial charge >= 0.3 is 5.91 Å². The number of rotatable bonds is 2. The number of hydrogen-bond donors (Lipinski definition) is 1. The SMILES string of the molecule is Cc1c(C(=O)NN=C2CCC(C(C)(C)C)CC2)oc2ccccc12. The third-order valence-electron chi connectivity index (χ3n) is 5.15. The van der Waals surface area contributed by atoms with E-state index < -0.39 is 0 Å². The Hall–Kier alpha value is -2.10. The number of benzene rings is 1. The van der Waals surface area contributed by atoms with Crippen LogP contribution in [-0.4, -0.2) is 11.6 Å². The van der Waals surface area contributed by atoms with Gasteiger partial charge in [0, 0.05) is 16.7 Å². The van der Waals surface area contributed by atoms with E-state index in [1.807, 2.05) is 31.2 Å². The molecule has 1 saturated carbocycles. The Kier molecular flexibility index (Phi) is 4.48. The molecular formula is C20H26N2O2. The van der Waals surface area contributed by atoms with Crippen LogP contribution in [0.4, 0.5) is 0 Å². The normalized spacial score (nSPS) is 18.7. The fourth-order valence-corrected chi connectivity index (χ4v) is 3.50. The third kappa shape index (κ3) is 3.37. The van der Waals surface area contributed by atoms with E-state index >= 15 is 0 Å². The van der Waals surface area contributed by atoms with Crippen molar-refractivity contribution in [1.82, 2.24) is 5.43 Å². The largest absolute Gasteiger partial charge is 0.451 e. The van der Waals surface area contributed by atoms with Gasteiger partial charge in [-0.2, -0.15) is 5.10 Å². The van der Waals surface area contributed by atoms with Crippen LogP contribution in [0.25, 0.3) is 11.0 Å².